The summed E-state index contributed by atoms with van der Waals surface area (Å²) in [6, 6.07) is 6.44. The Balaban J connectivity index is 1.92. The molecule has 126 valence electrons. The normalized spacial score (nSPS) is 15.1. The van der Waals surface area contributed by atoms with Gasteiger partial charge in [-0.05, 0) is 38.8 Å². The van der Waals surface area contributed by atoms with Crippen molar-refractivity contribution in [3.63, 3.8) is 0 Å². The van der Waals surface area contributed by atoms with Crippen LogP contribution in [0.2, 0.25) is 5.02 Å². The molecule has 1 heterocycles. The maximum Gasteiger partial charge on any atom is 0.326 e. The summed E-state index contributed by atoms with van der Waals surface area (Å²) in [6.45, 7) is 3.33. The Morgan fingerprint density at radius 3 is 2.50 bits per heavy atom. The quantitative estimate of drug-likeness (QED) is 0.874. The smallest absolute Gasteiger partial charge is 0.326 e. The molecule has 0 aliphatic heterocycles. The van der Waals surface area contributed by atoms with Gasteiger partial charge in [-0.3, -0.25) is 4.79 Å². The molecule has 0 radical (unpaired) electrons. The van der Waals surface area contributed by atoms with Crippen LogP contribution in [-0.4, -0.2) is 39.0 Å². The van der Waals surface area contributed by atoms with Gasteiger partial charge < -0.3 is 10.0 Å². The fourth-order valence-electron chi connectivity index (χ4n) is 2.56. The minimum atomic E-state index is -0.990. The van der Waals surface area contributed by atoms with Gasteiger partial charge in [0.15, 0.2) is 0 Å². The van der Waals surface area contributed by atoms with Crippen molar-refractivity contribution >= 4 is 34.8 Å². The molecule has 1 amide bonds. The van der Waals surface area contributed by atoms with E-state index in [1.54, 1.807) is 26.0 Å². The number of carbonyl (C=O) groups excluding carboxylic acids is 1. The van der Waals surface area contributed by atoms with E-state index in [1.807, 2.05) is 12.1 Å². The fourth-order valence-corrected chi connectivity index (χ4v) is 3.70. The van der Waals surface area contributed by atoms with Crippen LogP contribution in [0.5, 0.6) is 0 Å². The van der Waals surface area contributed by atoms with Crippen LogP contribution in [0.1, 0.15) is 35.1 Å². The van der Waals surface area contributed by atoms with Crippen LogP contribution >= 0.6 is 22.9 Å². The van der Waals surface area contributed by atoms with Gasteiger partial charge in [-0.25, -0.2) is 9.78 Å². The lowest BCUT2D eigenvalue weighted by Gasteiger charge is -2.26. The highest BCUT2D eigenvalue weighted by atomic mass is 35.5. The number of carboxylic acid groups (broad SMARTS) is 1. The first-order valence-electron chi connectivity index (χ1n) is 7.67. The molecule has 0 saturated heterocycles. The van der Waals surface area contributed by atoms with Gasteiger partial charge in [-0.1, -0.05) is 23.7 Å². The molecule has 2 aromatic rings. The largest absolute Gasteiger partial charge is 0.480 e. The highest BCUT2D eigenvalue weighted by molar-refractivity contribution is 7.17. The molecule has 1 saturated carbocycles. The van der Waals surface area contributed by atoms with E-state index in [4.69, 9.17) is 11.6 Å². The number of nitrogens with zero attached hydrogens (tertiary/aromatic N) is 2. The summed E-state index contributed by atoms with van der Waals surface area (Å²) in [6.07, 6.45) is 1.70. The second kappa shape index (κ2) is 6.53. The minimum Gasteiger partial charge on any atom is -0.480 e. The molecule has 1 fully saturated rings. The van der Waals surface area contributed by atoms with E-state index in [0.717, 1.165) is 23.4 Å². The Hall–Kier alpha value is -1.92. The molecule has 1 aliphatic carbocycles. The average Bonchev–Trinajstić information content (AvgIpc) is 3.29. The topological polar surface area (TPSA) is 70.5 Å². The molecule has 0 bridgehead atoms. The number of aryl methyl sites for hydroxylation is 1. The average molecular weight is 365 g/mol. The monoisotopic (exact) mass is 364 g/mol. The van der Waals surface area contributed by atoms with Gasteiger partial charge in [0.2, 0.25) is 0 Å². The number of aliphatic carboxylic acids is 1. The van der Waals surface area contributed by atoms with E-state index in [2.05, 4.69) is 4.98 Å². The van der Waals surface area contributed by atoms with Crippen molar-refractivity contribution in [3.05, 3.63) is 39.9 Å². The minimum absolute atomic E-state index is 0.0177. The maximum atomic E-state index is 12.9. The van der Waals surface area contributed by atoms with Gasteiger partial charge >= 0.3 is 5.97 Å². The Labute approximate surface area is 148 Å². The van der Waals surface area contributed by atoms with Crippen LogP contribution in [-0.2, 0) is 4.79 Å². The number of hydrogen-bond donors (Lipinski definition) is 1. The number of aromatic nitrogens is 1. The lowest BCUT2D eigenvalue weighted by molar-refractivity contribution is -0.141. The zero-order valence-electron chi connectivity index (χ0n) is 13.3. The number of thiazole rings is 1. The molecule has 1 aromatic carbocycles. The summed E-state index contributed by atoms with van der Waals surface area (Å²) in [5, 5.41) is 10.7. The number of benzene rings is 1. The summed E-state index contributed by atoms with van der Waals surface area (Å²) < 4.78 is 0. The summed E-state index contributed by atoms with van der Waals surface area (Å²) in [5.74, 6) is -1.24. The number of carbonyl (C=O) groups is 2. The number of rotatable bonds is 5. The number of amides is 1. The van der Waals surface area contributed by atoms with Gasteiger partial charge in [0, 0.05) is 16.6 Å². The molecule has 1 aromatic heterocycles. The predicted octanol–water partition coefficient (Wildman–Crippen LogP) is 3.85. The predicted molar refractivity (Wildman–Crippen MR) is 93.6 cm³/mol. The third-order valence-electron chi connectivity index (χ3n) is 4.03. The SMILES string of the molecule is Cc1nc(-c2ccc(Cl)cc2)sc1C(=O)N(C1CC1)C(C)C(=O)O. The number of carboxylic acids is 1. The van der Waals surface area contributed by atoms with Gasteiger partial charge in [0.05, 0.1) is 5.69 Å². The van der Waals surface area contributed by atoms with Gasteiger partial charge in [-0.2, -0.15) is 0 Å². The van der Waals surface area contributed by atoms with Gasteiger partial charge in [0.1, 0.15) is 15.9 Å². The first kappa shape index (κ1) is 16.9. The first-order valence-corrected chi connectivity index (χ1v) is 8.86. The lowest BCUT2D eigenvalue weighted by atomic mass is 10.2. The van der Waals surface area contributed by atoms with E-state index in [-0.39, 0.29) is 11.9 Å². The first-order chi connectivity index (χ1) is 11.4. The summed E-state index contributed by atoms with van der Waals surface area (Å²) in [4.78, 5) is 30.7. The molecule has 1 aliphatic rings. The molecule has 7 heteroatoms. The summed E-state index contributed by atoms with van der Waals surface area (Å²) >= 11 is 7.19. The van der Waals surface area contributed by atoms with E-state index < -0.39 is 12.0 Å². The Kier molecular flexibility index (Phi) is 4.60. The molecular formula is C17H17ClN2O3S. The van der Waals surface area contributed by atoms with E-state index >= 15 is 0 Å². The standard InChI is InChI=1S/C17H17ClN2O3S/c1-9-14(16(21)20(13-7-8-13)10(2)17(22)23)24-15(19-9)11-3-5-12(18)6-4-11/h3-6,10,13H,7-8H2,1-2H3,(H,22,23). The van der Waals surface area contributed by atoms with Gasteiger partial charge in [0.25, 0.3) is 5.91 Å². The van der Waals surface area contributed by atoms with Crippen LogP contribution in [0.3, 0.4) is 0 Å². The molecular weight excluding hydrogens is 348 g/mol. The van der Waals surface area contributed by atoms with Crippen molar-refractivity contribution in [2.45, 2.75) is 38.8 Å². The van der Waals surface area contributed by atoms with Crippen molar-refractivity contribution < 1.29 is 14.7 Å². The van der Waals surface area contributed by atoms with Crippen LogP contribution < -0.4 is 0 Å². The van der Waals surface area contributed by atoms with Gasteiger partial charge in [-0.15, -0.1) is 11.3 Å². The number of hydrogen-bond acceptors (Lipinski definition) is 4. The second-order valence-corrected chi connectivity index (χ2v) is 7.33. The van der Waals surface area contributed by atoms with E-state index in [0.29, 0.717) is 15.6 Å². The molecule has 24 heavy (non-hydrogen) atoms. The van der Waals surface area contributed by atoms with Crippen LogP contribution in [0, 0.1) is 6.92 Å². The highest BCUT2D eigenvalue weighted by Gasteiger charge is 2.40. The zero-order chi connectivity index (χ0) is 17.4. The van der Waals surface area contributed by atoms with Crippen molar-refractivity contribution in [1.82, 2.24) is 9.88 Å². The maximum absolute atomic E-state index is 12.9. The Bertz CT molecular complexity index is 784. The molecule has 5 nitrogen and oxygen atoms in total. The van der Waals surface area contributed by atoms with Crippen LogP contribution in [0.4, 0.5) is 0 Å². The third kappa shape index (κ3) is 3.30. The lowest BCUT2D eigenvalue weighted by Crippen LogP contribution is -2.44. The van der Waals surface area contributed by atoms with Crippen molar-refractivity contribution in [2.24, 2.45) is 0 Å². The molecule has 3 rings (SSSR count). The van der Waals surface area contributed by atoms with E-state index in [1.165, 1.54) is 16.2 Å². The summed E-state index contributed by atoms with van der Waals surface area (Å²) in [5.41, 5.74) is 1.51. The van der Waals surface area contributed by atoms with Crippen LogP contribution in [0.15, 0.2) is 24.3 Å². The highest BCUT2D eigenvalue weighted by Crippen LogP contribution is 2.34. The molecule has 0 spiro atoms. The Morgan fingerprint density at radius 1 is 1.33 bits per heavy atom. The van der Waals surface area contributed by atoms with Crippen molar-refractivity contribution in [1.29, 1.82) is 0 Å². The van der Waals surface area contributed by atoms with Crippen LogP contribution in [0.25, 0.3) is 10.6 Å². The zero-order valence-corrected chi connectivity index (χ0v) is 14.9. The molecule has 1 unspecified atom stereocenters. The second-order valence-electron chi connectivity index (χ2n) is 5.90. The van der Waals surface area contributed by atoms with Crippen molar-refractivity contribution in [2.75, 3.05) is 0 Å². The fraction of sp³-hybridized carbons (Fsp3) is 0.353. The molecule has 1 atom stereocenters. The van der Waals surface area contributed by atoms with Crippen molar-refractivity contribution in [3.8, 4) is 10.6 Å². The number of halogens is 1. The third-order valence-corrected chi connectivity index (χ3v) is 5.48. The molecule has 1 N–H and O–H groups in total. The summed E-state index contributed by atoms with van der Waals surface area (Å²) in [7, 11) is 0. The Morgan fingerprint density at radius 2 is 1.96 bits per heavy atom. The van der Waals surface area contributed by atoms with E-state index in [9.17, 15) is 14.7 Å².